The Bertz CT molecular complexity index is 910. The molecule has 0 radical (unpaired) electrons. The smallest absolute Gasteiger partial charge is 0.177 e. The summed E-state index contributed by atoms with van der Waals surface area (Å²) < 4.78 is 5.49. The molecule has 3 aromatic rings. The van der Waals surface area contributed by atoms with Crippen molar-refractivity contribution in [3.05, 3.63) is 70.3 Å². The lowest BCUT2D eigenvalue weighted by Gasteiger charge is -2.08. The Labute approximate surface area is 155 Å². The summed E-state index contributed by atoms with van der Waals surface area (Å²) in [5.41, 5.74) is 7.60. The highest BCUT2D eigenvalue weighted by atomic mass is 35.5. The van der Waals surface area contributed by atoms with Crippen LogP contribution in [0.2, 0.25) is 10.0 Å². The van der Waals surface area contributed by atoms with Crippen LogP contribution in [0.25, 0.3) is 10.9 Å². The van der Waals surface area contributed by atoms with E-state index in [4.69, 9.17) is 38.5 Å². The van der Waals surface area contributed by atoms with E-state index < -0.39 is 0 Å². The number of oxime groups is 1. The van der Waals surface area contributed by atoms with E-state index in [-0.39, 0.29) is 19.0 Å². The average molecular weight is 376 g/mol. The maximum atomic E-state index is 6.02. The number of para-hydroxylation sites is 1. The molecule has 0 spiro atoms. The van der Waals surface area contributed by atoms with Crippen molar-refractivity contribution in [1.29, 1.82) is 0 Å². The average Bonchev–Trinajstić information content (AvgIpc) is 2.61. The van der Waals surface area contributed by atoms with Crippen LogP contribution in [0.3, 0.4) is 0 Å². The first-order valence-electron chi connectivity index (χ1n) is 7.48. The fourth-order valence-corrected chi connectivity index (χ4v) is 2.70. The Morgan fingerprint density at radius 2 is 1.96 bits per heavy atom. The highest BCUT2D eigenvalue weighted by Gasteiger charge is 2.05. The molecule has 2 aromatic carbocycles. The summed E-state index contributed by atoms with van der Waals surface area (Å²) in [4.78, 5) is 9.68. The van der Waals surface area contributed by atoms with Gasteiger partial charge in [-0.05, 0) is 24.3 Å². The second-order valence-corrected chi connectivity index (χ2v) is 6.06. The molecule has 0 saturated heterocycles. The summed E-state index contributed by atoms with van der Waals surface area (Å²) in [5.74, 6) is 0.668. The van der Waals surface area contributed by atoms with Gasteiger partial charge in [-0.15, -0.1) is 0 Å². The number of fused-ring (bicyclic) bond motifs is 1. The molecule has 5 nitrogen and oxygen atoms in total. The topological polar surface area (TPSA) is 69.7 Å². The van der Waals surface area contributed by atoms with Gasteiger partial charge in [-0.1, -0.05) is 52.6 Å². The molecule has 0 aliphatic heterocycles. The number of ether oxygens (including phenoxy) is 1. The second-order valence-electron chi connectivity index (χ2n) is 5.21. The molecular weight excluding hydrogens is 361 g/mol. The zero-order chi connectivity index (χ0) is 17.6. The molecule has 0 bridgehead atoms. The van der Waals surface area contributed by atoms with E-state index in [0.29, 0.717) is 15.8 Å². The molecule has 0 aliphatic carbocycles. The first-order valence-corrected chi connectivity index (χ1v) is 8.24. The Kier molecular flexibility index (Phi) is 5.58. The monoisotopic (exact) mass is 375 g/mol. The molecule has 0 amide bonds. The number of hydrogen-bond acceptors (Lipinski definition) is 4. The molecule has 0 unspecified atom stereocenters. The molecule has 0 aliphatic rings. The number of nitrogens with zero attached hydrogens (tertiary/aromatic N) is 2. The van der Waals surface area contributed by atoms with Crippen molar-refractivity contribution in [2.24, 2.45) is 10.9 Å². The fourth-order valence-electron chi connectivity index (χ4n) is 2.24. The maximum Gasteiger partial charge on any atom is 0.177 e. The molecule has 3 rings (SSSR count). The van der Waals surface area contributed by atoms with Crippen molar-refractivity contribution in [1.82, 2.24) is 4.98 Å². The predicted octanol–water partition coefficient (Wildman–Crippen LogP) is 4.41. The van der Waals surface area contributed by atoms with Gasteiger partial charge in [0, 0.05) is 22.2 Å². The van der Waals surface area contributed by atoms with Gasteiger partial charge in [0.2, 0.25) is 0 Å². The number of rotatable bonds is 6. The lowest BCUT2D eigenvalue weighted by molar-refractivity contribution is 0.129. The van der Waals surface area contributed by atoms with Crippen LogP contribution in [0.1, 0.15) is 5.56 Å². The number of amidine groups is 1. The Morgan fingerprint density at radius 1 is 1.12 bits per heavy atom. The summed E-state index contributed by atoms with van der Waals surface area (Å²) >= 11 is 11.9. The lowest BCUT2D eigenvalue weighted by atomic mass is 10.1. The van der Waals surface area contributed by atoms with Gasteiger partial charge in [0.1, 0.15) is 19.0 Å². The highest BCUT2D eigenvalue weighted by Crippen LogP contribution is 2.27. The zero-order valence-corrected chi connectivity index (χ0v) is 14.7. The molecule has 128 valence electrons. The van der Waals surface area contributed by atoms with Gasteiger partial charge in [0.15, 0.2) is 5.84 Å². The van der Waals surface area contributed by atoms with E-state index in [2.05, 4.69) is 10.1 Å². The van der Waals surface area contributed by atoms with Crippen LogP contribution < -0.4 is 10.5 Å². The molecule has 7 heteroatoms. The zero-order valence-electron chi connectivity index (χ0n) is 13.2. The quantitative estimate of drug-likeness (QED) is 0.393. The first-order chi connectivity index (χ1) is 12.1. The number of pyridine rings is 1. The van der Waals surface area contributed by atoms with E-state index in [1.165, 1.54) is 0 Å². The third kappa shape index (κ3) is 4.53. The number of halogens is 2. The first kappa shape index (κ1) is 17.3. The van der Waals surface area contributed by atoms with Crippen LogP contribution in [0.15, 0.2) is 59.9 Å². The molecule has 0 atom stereocenters. The maximum absolute atomic E-state index is 6.02. The van der Waals surface area contributed by atoms with E-state index in [1.807, 2.05) is 30.3 Å². The normalized spacial score (nSPS) is 11.5. The summed E-state index contributed by atoms with van der Waals surface area (Å²) in [6.45, 7) is 0.311. The van der Waals surface area contributed by atoms with E-state index >= 15 is 0 Å². The number of benzene rings is 2. The van der Waals surface area contributed by atoms with E-state index in [1.54, 1.807) is 24.4 Å². The summed E-state index contributed by atoms with van der Waals surface area (Å²) in [6.07, 6.45) is 1.74. The highest BCUT2D eigenvalue weighted by molar-refractivity contribution is 6.35. The van der Waals surface area contributed by atoms with Gasteiger partial charge in [-0.2, -0.15) is 0 Å². The minimum absolute atomic E-state index is 0.0507. The third-order valence-electron chi connectivity index (χ3n) is 3.39. The third-order valence-corrected chi connectivity index (χ3v) is 3.92. The van der Waals surface area contributed by atoms with E-state index in [0.717, 1.165) is 16.5 Å². The molecule has 1 aromatic heterocycles. The van der Waals surface area contributed by atoms with Crippen LogP contribution in [-0.2, 0) is 11.4 Å². The van der Waals surface area contributed by atoms with Crippen molar-refractivity contribution in [3.8, 4) is 5.75 Å². The largest absolute Gasteiger partial charge is 0.484 e. The molecule has 0 fully saturated rings. The Balaban J connectivity index is 1.58. The van der Waals surface area contributed by atoms with Crippen LogP contribution in [0.5, 0.6) is 5.75 Å². The van der Waals surface area contributed by atoms with Gasteiger partial charge >= 0.3 is 0 Å². The van der Waals surface area contributed by atoms with Crippen LogP contribution >= 0.6 is 23.2 Å². The Hall–Kier alpha value is -2.50. The molecular formula is C18H15Cl2N3O2. The molecule has 2 N–H and O–H groups in total. The van der Waals surface area contributed by atoms with Crippen LogP contribution in [-0.4, -0.2) is 17.4 Å². The predicted molar refractivity (Wildman–Crippen MR) is 100 cm³/mol. The lowest BCUT2D eigenvalue weighted by Crippen LogP contribution is -2.21. The SMILES string of the molecule is N/C(COc1ccc(Cl)cc1Cl)=N\OCc1cccc2cccnc12. The van der Waals surface area contributed by atoms with Crippen molar-refractivity contribution >= 4 is 39.9 Å². The van der Waals surface area contributed by atoms with Crippen LogP contribution in [0, 0.1) is 0 Å². The standard InChI is InChI=1S/C18H15Cl2N3O2/c19-14-6-7-16(15(20)9-14)24-11-17(21)23-25-10-13-4-1-3-12-5-2-8-22-18(12)13/h1-9H,10-11H2,(H2,21,23). The number of nitrogens with two attached hydrogens (primary N) is 1. The Morgan fingerprint density at radius 3 is 2.80 bits per heavy atom. The molecule has 25 heavy (non-hydrogen) atoms. The summed E-state index contributed by atoms with van der Waals surface area (Å²) in [6, 6.07) is 14.7. The van der Waals surface area contributed by atoms with Crippen LogP contribution in [0.4, 0.5) is 0 Å². The van der Waals surface area contributed by atoms with Crippen molar-refractivity contribution in [2.75, 3.05) is 6.61 Å². The van der Waals surface area contributed by atoms with Crippen molar-refractivity contribution in [2.45, 2.75) is 6.61 Å². The molecule has 1 heterocycles. The molecule has 0 saturated carbocycles. The van der Waals surface area contributed by atoms with Crippen molar-refractivity contribution in [3.63, 3.8) is 0 Å². The van der Waals surface area contributed by atoms with Gasteiger partial charge in [0.25, 0.3) is 0 Å². The van der Waals surface area contributed by atoms with Gasteiger partial charge in [-0.25, -0.2) is 0 Å². The minimum atomic E-state index is 0.0507. The summed E-state index contributed by atoms with van der Waals surface area (Å²) in [5, 5.41) is 5.84. The van der Waals surface area contributed by atoms with Gasteiger partial charge in [-0.3, -0.25) is 4.98 Å². The fraction of sp³-hybridized carbons (Fsp3) is 0.111. The number of hydrogen-bond donors (Lipinski definition) is 1. The number of aromatic nitrogens is 1. The summed E-state index contributed by atoms with van der Waals surface area (Å²) in [7, 11) is 0. The van der Waals surface area contributed by atoms with Gasteiger partial charge in [0.05, 0.1) is 10.5 Å². The van der Waals surface area contributed by atoms with E-state index in [9.17, 15) is 0 Å². The van der Waals surface area contributed by atoms with Crippen molar-refractivity contribution < 1.29 is 9.57 Å². The second kappa shape index (κ2) is 8.05. The minimum Gasteiger partial charge on any atom is -0.484 e. The van der Waals surface area contributed by atoms with Gasteiger partial charge < -0.3 is 15.3 Å².